The molecule has 54 heavy (non-hydrogen) atoms. The van der Waals surface area contributed by atoms with Crippen molar-refractivity contribution in [3.63, 3.8) is 0 Å². The number of unbranched alkanes of at least 4 members (excludes halogenated alkanes) is 17. The molecule has 0 radical (unpaired) electrons. The molecule has 0 aliphatic rings. The summed E-state index contributed by atoms with van der Waals surface area (Å²) in [7, 11) is 0. The van der Waals surface area contributed by atoms with E-state index in [0.717, 1.165) is 83.5 Å². The Kier molecular flexibility index (Phi) is 42.5. The number of hydrogen-bond acceptors (Lipinski definition) is 5. The molecule has 0 aliphatic heterocycles. The Balaban J connectivity index is 4.29. The number of esters is 2. The van der Waals surface area contributed by atoms with Crippen molar-refractivity contribution in [1.29, 1.82) is 0 Å². The summed E-state index contributed by atoms with van der Waals surface area (Å²) in [6.45, 7) is 7.45. The van der Waals surface area contributed by atoms with Gasteiger partial charge in [-0.25, -0.2) is 0 Å². The standard InChI is InChI=1S/C49H84O5/c1-4-7-10-13-16-18-20-22-24-26-28-30-32-35-38-41-44-52-45-47(54-49(51)43-40-37-33-15-12-9-6-3)46-53-48(50)42-39-36-34-31-29-27-25-23-21-19-17-14-11-8-5-2/h7,10,16,18,22-25,28,30,35,38,47H,4-6,8-9,11-15,17,19-21,26-27,29,31-34,36-37,39-46H2,1-3H3/b10-7-,18-16-,24-22-,25-23-,30-28-,38-35-. The van der Waals surface area contributed by atoms with E-state index in [4.69, 9.17) is 14.2 Å². The summed E-state index contributed by atoms with van der Waals surface area (Å²) < 4.78 is 17.1. The molecule has 0 rings (SSSR count). The van der Waals surface area contributed by atoms with Crippen molar-refractivity contribution in [2.75, 3.05) is 19.8 Å². The van der Waals surface area contributed by atoms with E-state index < -0.39 is 6.10 Å². The lowest BCUT2D eigenvalue weighted by Gasteiger charge is -2.18. The molecule has 310 valence electrons. The molecule has 0 fully saturated rings. The minimum atomic E-state index is -0.575. The minimum absolute atomic E-state index is 0.0499. The van der Waals surface area contributed by atoms with Crippen LogP contribution >= 0.6 is 0 Å². The first-order valence-electron chi connectivity index (χ1n) is 22.5. The lowest BCUT2D eigenvalue weighted by atomic mass is 10.1. The fraction of sp³-hybridized carbons (Fsp3) is 0.714. The summed E-state index contributed by atoms with van der Waals surface area (Å²) in [6.07, 6.45) is 56.4. The Morgan fingerprint density at radius 3 is 1.33 bits per heavy atom. The first-order valence-corrected chi connectivity index (χ1v) is 22.5. The van der Waals surface area contributed by atoms with Gasteiger partial charge >= 0.3 is 11.9 Å². The smallest absolute Gasteiger partial charge is 0.306 e. The summed E-state index contributed by atoms with van der Waals surface area (Å²) >= 11 is 0. The van der Waals surface area contributed by atoms with Crippen molar-refractivity contribution in [3.8, 4) is 0 Å². The van der Waals surface area contributed by atoms with E-state index in [-0.39, 0.29) is 25.2 Å². The van der Waals surface area contributed by atoms with Gasteiger partial charge in [-0.2, -0.15) is 0 Å². The average Bonchev–Trinajstić information content (AvgIpc) is 3.17. The van der Waals surface area contributed by atoms with E-state index in [1.54, 1.807) is 0 Å². The van der Waals surface area contributed by atoms with Crippen molar-refractivity contribution in [2.45, 2.75) is 207 Å². The SMILES string of the molecule is CC/C=C\C/C=C\C/C=C\C/C=C\C/C=C\CCOCC(COC(=O)CCCCCCC/C=C\CCCCCCCC)OC(=O)CCCCCCCCC. The first-order chi connectivity index (χ1) is 26.6. The molecule has 0 aromatic heterocycles. The van der Waals surface area contributed by atoms with Crippen molar-refractivity contribution in [1.82, 2.24) is 0 Å². The van der Waals surface area contributed by atoms with Crippen LogP contribution in [0.5, 0.6) is 0 Å². The van der Waals surface area contributed by atoms with Crippen LogP contribution in [0.25, 0.3) is 0 Å². The Labute approximate surface area is 334 Å². The second kappa shape index (κ2) is 44.7. The first kappa shape index (κ1) is 51.3. The molecule has 0 aromatic carbocycles. The second-order valence-corrected chi connectivity index (χ2v) is 14.6. The van der Waals surface area contributed by atoms with Crippen LogP contribution in [-0.2, 0) is 23.8 Å². The fourth-order valence-corrected chi connectivity index (χ4v) is 5.92. The van der Waals surface area contributed by atoms with Crippen molar-refractivity contribution < 1.29 is 23.8 Å². The molecule has 0 spiro atoms. The lowest BCUT2D eigenvalue weighted by molar-refractivity contribution is -0.162. The van der Waals surface area contributed by atoms with Gasteiger partial charge in [-0.3, -0.25) is 9.59 Å². The van der Waals surface area contributed by atoms with Crippen LogP contribution in [0.1, 0.15) is 201 Å². The van der Waals surface area contributed by atoms with Crippen LogP contribution in [0.4, 0.5) is 0 Å². The van der Waals surface area contributed by atoms with Gasteiger partial charge in [0.2, 0.25) is 0 Å². The van der Waals surface area contributed by atoms with Gasteiger partial charge in [0.25, 0.3) is 0 Å². The third-order valence-corrected chi connectivity index (χ3v) is 9.25. The van der Waals surface area contributed by atoms with Gasteiger partial charge in [-0.15, -0.1) is 0 Å². The summed E-state index contributed by atoms with van der Waals surface area (Å²) in [4.78, 5) is 25.1. The largest absolute Gasteiger partial charge is 0.462 e. The summed E-state index contributed by atoms with van der Waals surface area (Å²) in [5.41, 5.74) is 0. The van der Waals surface area contributed by atoms with Crippen LogP contribution in [0.2, 0.25) is 0 Å². The van der Waals surface area contributed by atoms with Gasteiger partial charge in [0.1, 0.15) is 6.61 Å². The van der Waals surface area contributed by atoms with Crippen molar-refractivity contribution in [2.24, 2.45) is 0 Å². The van der Waals surface area contributed by atoms with Crippen LogP contribution in [0.3, 0.4) is 0 Å². The third-order valence-electron chi connectivity index (χ3n) is 9.25. The molecule has 0 saturated heterocycles. The monoisotopic (exact) mass is 753 g/mol. The minimum Gasteiger partial charge on any atom is -0.462 e. The molecule has 0 aliphatic carbocycles. The molecular weight excluding hydrogens is 669 g/mol. The fourth-order valence-electron chi connectivity index (χ4n) is 5.92. The third kappa shape index (κ3) is 42.1. The molecule has 5 heteroatoms. The predicted molar refractivity (Wildman–Crippen MR) is 233 cm³/mol. The molecule has 1 atom stereocenters. The van der Waals surface area contributed by atoms with E-state index in [1.807, 2.05) is 0 Å². The predicted octanol–water partition coefficient (Wildman–Crippen LogP) is 14.8. The number of allylic oxidation sites excluding steroid dienone is 11. The number of hydrogen-bond donors (Lipinski definition) is 0. The van der Waals surface area contributed by atoms with Crippen LogP contribution in [0, 0.1) is 0 Å². The number of ether oxygens (including phenoxy) is 3. The second-order valence-electron chi connectivity index (χ2n) is 14.6. The number of carbonyl (C=O) groups is 2. The maximum absolute atomic E-state index is 12.6. The van der Waals surface area contributed by atoms with Crippen LogP contribution < -0.4 is 0 Å². The molecule has 0 heterocycles. The molecule has 0 aromatic rings. The number of rotatable bonds is 40. The van der Waals surface area contributed by atoms with Gasteiger partial charge in [0, 0.05) is 12.8 Å². The zero-order valence-corrected chi connectivity index (χ0v) is 35.5. The Morgan fingerprint density at radius 1 is 0.426 bits per heavy atom. The number of carbonyl (C=O) groups excluding carboxylic acids is 2. The van der Waals surface area contributed by atoms with Crippen LogP contribution in [0.15, 0.2) is 72.9 Å². The maximum Gasteiger partial charge on any atom is 0.306 e. The summed E-state index contributed by atoms with van der Waals surface area (Å²) in [5.74, 6) is -0.456. The molecule has 0 N–H and O–H groups in total. The molecule has 0 saturated carbocycles. The zero-order valence-electron chi connectivity index (χ0n) is 35.5. The Bertz CT molecular complexity index is 988. The summed E-state index contributed by atoms with van der Waals surface area (Å²) in [6, 6.07) is 0. The Morgan fingerprint density at radius 2 is 0.833 bits per heavy atom. The van der Waals surface area contributed by atoms with E-state index >= 15 is 0 Å². The van der Waals surface area contributed by atoms with E-state index in [0.29, 0.717) is 19.4 Å². The van der Waals surface area contributed by atoms with Gasteiger partial charge < -0.3 is 14.2 Å². The maximum atomic E-state index is 12.6. The normalized spacial score (nSPS) is 12.9. The topological polar surface area (TPSA) is 61.8 Å². The van der Waals surface area contributed by atoms with Gasteiger partial charge in [0.05, 0.1) is 13.2 Å². The molecular formula is C49H84O5. The highest BCUT2D eigenvalue weighted by Gasteiger charge is 2.17. The van der Waals surface area contributed by atoms with Crippen molar-refractivity contribution >= 4 is 11.9 Å². The Hall–Kier alpha value is -2.66. The van der Waals surface area contributed by atoms with Crippen molar-refractivity contribution in [3.05, 3.63) is 72.9 Å². The lowest BCUT2D eigenvalue weighted by Crippen LogP contribution is -2.30. The van der Waals surface area contributed by atoms with E-state index in [9.17, 15) is 9.59 Å². The summed E-state index contributed by atoms with van der Waals surface area (Å²) in [5, 5.41) is 0. The highest BCUT2D eigenvalue weighted by molar-refractivity contribution is 5.70. The molecule has 0 amide bonds. The molecule has 0 bridgehead atoms. The van der Waals surface area contributed by atoms with E-state index in [1.165, 1.54) is 83.5 Å². The average molecular weight is 753 g/mol. The van der Waals surface area contributed by atoms with E-state index in [2.05, 4.69) is 93.7 Å². The zero-order chi connectivity index (χ0) is 39.3. The highest BCUT2D eigenvalue weighted by atomic mass is 16.6. The molecule has 5 nitrogen and oxygen atoms in total. The highest BCUT2D eigenvalue weighted by Crippen LogP contribution is 2.12. The quantitative estimate of drug-likeness (QED) is 0.0354. The molecule has 1 unspecified atom stereocenters. The van der Waals surface area contributed by atoms with Gasteiger partial charge in [-0.1, -0.05) is 184 Å². The van der Waals surface area contributed by atoms with Crippen LogP contribution in [-0.4, -0.2) is 37.9 Å². The van der Waals surface area contributed by atoms with Gasteiger partial charge in [0.15, 0.2) is 6.10 Å². The van der Waals surface area contributed by atoms with Gasteiger partial charge in [-0.05, 0) is 77.0 Å².